The van der Waals surface area contributed by atoms with Gasteiger partial charge in [0.2, 0.25) is 12.3 Å². The van der Waals surface area contributed by atoms with E-state index in [4.69, 9.17) is 9.15 Å². The summed E-state index contributed by atoms with van der Waals surface area (Å²) in [6.45, 7) is 5.52. The minimum Gasteiger partial charge on any atom is -0.426 e. The molecule has 0 aliphatic carbocycles. The second kappa shape index (κ2) is 3.85. The van der Waals surface area contributed by atoms with Crippen LogP contribution in [0.2, 0.25) is 0 Å². The smallest absolute Gasteiger partial charge is 0.233 e. The third-order valence-corrected chi connectivity index (χ3v) is 2.33. The van der Waals surface area contributed by atoms with E-state index in [1.807, 2.05) is 0 Å². The van der Waals surface area contributed by atoms with Crippen LogP contribution in [0.4, 0.5) is 0 Å². The molecule has 0 N–H and O–H groups in total. The van der Waals surface area contributed by atoms with Crippen LogP contribution in [0, 0.1) is 0 Å². The molecule has 5 nitrogen and oxygen atoms in total. The fraction of sp³-hybridized carbons (Fsp3) is 0.750. The zero-order valence-electron chi connectivity index (χ0n) is 7.64. The topological polar surface area (TPSA) is 51.4 Å². The Labute approximate surface area is 76.7 Å². The summed E-state index contributed by atoms with van der Waals surface area (Å²) in [6, 6.07) is 0.200. The summed E-state index contributed by atoms with van der Waals surface area (Å²) in [6.07, 6.45) is 1.37. The molecule has 1 aliphatic rings. The maximum atomic E-state index is 5.26. The van der Waals surface area contributed by atoms with Crippen molar-refractivity contribution in [2.45, 2.75) is 13.0 Å². The normalized spacial score (nSPS) is 21.6. The van der Waals surface area contributed by atoms with Gasteiger partial charge < -0.3 is 9.15 Å². The van der Waals surface area contributed by atoms with Crippen molar-refractivity contribution in [2.75, 3.05) is 26.3 Å². The van der Waals surface area contributed by atoms with E-state index >= 15 is 0 Å². The van der Waals surface area contributed by atoms with E-state index in [9.17, 15) is 0 Å². The molecule has 1 aromatic heterocycles. The van der Waals surface area contributed by atoms with Crippen molar-refractivity contribution in [3.05, 3.63) is 12.3 Å². The van der Waals surface area contributed by atoms with Gasteiger partial charge in [-0.15, -0.1) is 10.2 Å². The molecule has 0 bridgehead atoms. The molecule has 1 aliphatic heterocycles. The van der Waals surface area contributed by atoms with Crippen LogP contribution < -0.4 is 0 Å². The highest BCUT2D eigenvalue weighted by molar-refractivity contribution is 4.85. The zero-order chi connectivity index (χ0) is 9.10. The molecule has 0 amide bonds. The third-order valence-electron chi connectivity index (χ3n) is 2.33. The lowest BCUT2D eigenvalue weighted by molar-refractivity contribution is 0.0145. The van der Waals surface area contributed by atoms with E-state index in [2.05, 4.69) is 22.0 Å². The van der Waals surface area contributed by atoms with Gasteiger partial charge in [0.1, 0.15) is 0 Å². The second-order valence-electron chi connectivity index (χ2n) is 3.10. The van der Waals surface area contributed by atoms with E-state index < -0.39 is 0 Å². The monoisotopic (exact) mass is 183 g/mol. The Morgan fingerprint density at radius 3 is 2.85 bits per heavy atom. The van der Waals surface area contributed by atoms with Crippen LogP contribution in [0.15, 0.2) is 10.8 Å². The molecule has 13 heavy (non-hydrogen) atoms. The molecule has 0 aromatic carbocycles. The molecule has 5 heteroatoms. The largest absolute Gasteiger partial charge is 0.426 e. The predicted molar refractivity (Wildman–Crippen MR) is 45.1 cm³/mol. The van der Waals surface area contributed by atoms with Crippen molar-refractivity contribution >= 4 is 0 Å². The van der Waals surface area contributed by atoms with Crippen molar-refractivity contribution in [1.82, 2.24) is 15.1 Å². The van der Waals surface area contributed by atoms with Crippen LogP contribution in [-0.2, 0) is 4.74 Å². The molecular formula is C8H13N3O2. The first kappa shape index (κ1) is 8.65. The van der Waals surface area contributed by atoms with E-state index in [1.165, 1.54) is 6.39 Å². The number of ether oxygens (including phenoxy) is 1. The van der Waals surface area contributed by atoms with E-state index in [-0.39, 0.29) is 6.04 Å². The minimum absolute atomic E-state index is 0.200. The first-order chi connectivity index (χ1) is 6.38. The molecule has 0 spiro atoms. The van der Waals surface area contributed by atoms with E-state index in [1.54, 1.807) is 0 Å². The van der Waals surface area contributed by atoms with E-state index in [0.717, 1.165) is 26.3 Å². The van der Waals surface area contributed by atoms with Gasteiger partial charge in [0.05, 0.1) is 19.3 Å². The number of rotatable bonds is 2. The number of hydrogen-bond donors (Lipinski definition) is 0. The summed E-state index contributed by atoms with van der Waals surface area (Å²) in [5.74, 6) is 0.682. The van der Waals surface area contributed by atoms with Gasteiger partial charge in [0.15, 0.2) is 0 Å². The second-order valence-corrected chi connectivity index (χ2v) is 3.10. The molecule has 2 rings (SSSR count). The summed E-state index contributed by atoms with van der Waals surface area (Å²) in [5, 5.41) is 7.56. The molecular weight excluding hydrogens is 170 g/mol. The highest BCUT2D eigenvalue weighted by atomic mass is 16.5. The average molecular weight is 183 g/mol. The predicted octanol–water partition coefficient (Wildman–Crippen LogP) is 0.463. The van der Waals surface area contributed by atoms with Crippen LogP contribution in [0.5, 0.6) is 0 Å². The van der Waals surface area contributed by atoms with E-state index in [0.29, 0.717) is 5.89 Å². The van der Waals surface area contributed by atoms with Gasteiger partial charge in [0.25, 0.3) is 0 Å². The summed E-state index contributed by atoms with van der Waals surface area (Å²) < 4.78 is 10.4. The van der Waals surface area contributed by atoms with Gasteiger partial charge in [-0.1, -0.05) is 0 Å². The number of aromatic nitrogens is 2. The van der Waals surface area contributed by atoms with Gasteiger partial charge in [-0.3, -0.25) is 4.90 Å². The highest BCUT2D eigenvalue weighted by Crippen LogP contribution is 2.18. The summed E-state index contributed by atoms with van der Waals surface area (Å²) >= 11 is 0. The summed E-state index contributed by atoms with van der Waals surface area (Å²) in [7, 11) is 0. The van der Waals surface area contributed by atoms with Crippen LogP contribution in [0.3, 0.4) is 0 Å². The Bertz CT molecular complexity index is 244. The van der Waals surface area contributed by atoms with Crippen LogP contribution in [0.25, 0.3) is 0 Å². The first-order valence-corrected chi connectivity index (χ1v) is 4.46. The molecule has 72 valence electrons. The molecule has 2 heterocycles. The van der Waals surface area contributed by atoms with Crippen LogP contribution >= 0.6 is 0 Å². The quantitative estimate of drug-likeness (QED) is 0.666. The van der Waals surface area contributed by atoms with Gasteiger partial charge in [0, 0.05) is 13.1 Å². The van der Waals surface area contributed by atoms with Crippen molar-refractivity contribution in [2.24, 2.45) is 0 Å². The maximum Gasteiger partial charge on any atom is 0.233 e. The standard InChI is InChI=1S/C8H13N3O2/c1-7(8-10-9-6-13-8)11-2-4-12-5-3-11/h6-7H,2-5H2,1H3. The lowest BCUT2D eigenvalue weighted by Gasteiger charge is -2.30. The van der Waals surface area contributed by atoms with Crippen molar-refractivity contribution in [3.8, 4) is 0 Å². The molecule has 0 saturated carbocycles. The summed E-state index contributed by atoms with van der Waals surface area (Å²) in [5.41, 5.74) is 0. The highest BCUT2D eigenvalue weighted by Gasteiger charge is 2.21. The Balaban J connectivity index is 1.99. The van der Waals surface area contributed by atoms with Crippen LogP contribution in [0.1, 0.15) is 18.9 Å². The van der Waals surface area contributed by atoms with Gasteiger partial charge in [-0.05, 0) is 6.92 Å². The third kappa shape index (κ3) is 1.87. The number of morpholine rings is 1. The molecule has 1 saturated heterocycles. The van der Waals surface area contributed by atoms with Crippen molar-refractivity contribution < 1.29 is 9.15 Å². The van der Waals surface area contributed by atoms with Gasteiger partial charge in [-0.25, -0.2) is 0 Å². The molecule has 1 atom stereocenters. The van der Waals surface area contributed by atoms with Crippen molar-refractivity contribution in [3.63, 3.8) is 0 Å². The summed E-state index contributed by atoms with van der Waals surface area (Å²) in [4.78, 5) is 2.27. The fourth-order valence-electron chi connectivity index (χ4n) is 1.48. The zero-order valence-corrected chi connectivity index (χ0v) is 7.64. The minimum atomic E-state index is 0.200. The number of hydrogen-bond acceptors (Lipinski definition) is 5. The lowest BCUT2D eigenvalue weighted by atomic mass is 10.2. The van der Waals surface area contributed by atoms with Crippen molar-refractivity contribution in [1.29, 1.82) is 0 Å². The Hall–Kier alpha value is -0.940. The Morgan fingerprint density at radius 2 is 2.23 bits per heavy atom. The van der Waals surface area contributed by atoms with Gasteiger partial charge >= 0.3 is 0 Å². The molecule has 1 unspecified atom stereocenters. The average Bonchev–Trinajstić information content (AvgIpc) is 2.71. The Kier molecular flexibility index (Phi) is 2.56. The van der Waals surface area contributed by atoms with Crippen LogP contribution in [-0.4, -0.2) is 41.4 Å². The molecule has 1 fully saturated rings. The molecule has 1 aromatic rings. The molecule has 0 radical (unpaired) electrons. The first-order valence-electron chi connectivity index (χ1n) is 4.46. The maximum absolute atomic E-state index is 5.26. The fourth-order valence-corrected chi connectivity index (χ4v) is 1.48. The number of nitrogens with zero attached hydrogens (tertiary/aromatic N) is 3. The lowest BCUT2D eigenvalue weighted by Crippen LogP contribution is -2.38. The van der Waals surface area contributed by atoms with Gasteiger partial charge in [-0.2, -0.15) is 0 Å². The SMILES string of the molecule is CC(c1nnco1)N1CCOCC1. The Morgan fingerprint density at radius 1 is 1.46 bits per heavy atom.